The molecule has 1 fully saturated rings. The fourth-order valence-electron chi connectivity index (χ4n) is 2.81. The number of para-hydroxylation sites is 1. The fraction of sp³-hybridized carbons (Fsp3) is 0.375. The Morgan fingerprint density at radius 2 is 1.92 bits per heavy atom. The van der Waals surface area contributed by atoms with Gasteiger partial charge in [0.15, 0.2) is 15.7 Å². The molecular formula is C16H17ClN6O2S. The molecule has 0 saturated heterocycles. The van der Waals surface area contributed by atoms with E-state index in [9.17, 15) is 8.42 Å². The van der Waals surface area contributed by atoms with E-state index in [1.807, 2.05) is 30.3 Å². The monoisotopic (exact) mass is 392 g/mol. The van der Waals surface area contributed by atoms with Crippen LogP contribution in [0.2, 0.25) is 5.15 Å². The molecule has 0 aliphatic heterocycles. The first-order valence-corrected chi connectivity index (χ1v) is 10.4. The van der Waals surface area contributed by atoms with Gasteiger partial charge >= 0.3 is 0 Å². The summed E-state index contributed by atoms with van der Waals surface area (Å²) in [6.45, 7) is 1.75. The van der Waals surface area contributed by atoms with Gasteiger partial charge in [-0.25, -0.2) is 17.8 Å². The van der Waals surface area contributed by atoms with Crippen LogP contribution in [0.25, 0.3) is 5.69 Å². The molecule has 1 aliphatic rings. The van der Waals surface area contributed by atoms with Gasteiger partial charge in [0.2, 0.25) is 0 Å². The predicted molar refractivity (Wildman–Crippen MR) is 95.7 cm³/mol. The highest BCUT2D eigenvalue weighted by Crippen LogP contribution is 2.35. The Hall–Kier alpha value is -2.26. The number of sulfone groups is 1. The summed E-state index contributed by atoms with van der Waals surface area (Å²) >= 11 is 6.43. The van der Waals surface area contributed by atoms with E-state index in [1.165, 1.54) is 0 Å². The maximum atomic E-state index is 12.7. The van der Waals surface area contributed by atoms with Crippen LogP contribution in [0, 0.1) is 6.92 Å². The number of aryl methyl sites for hydroxylation is 1. The van der Waals surface area contributed by atoms with Gasteiger partial charge in [-0.3, -0.25) is 0 Å². The first-order valence-electron chi connectivity index (χ1n) is 8.21. The molecular weight excluding hydrogens is 376 g/mol. The third-order valence-corrected chi connectivity index (χ3v) is 6.10. The van der Waals surface area contributed by atoms with Gasteiger partial charge in [-0.1, -0.05) is 29.8 Å². The fourth-order valence-corrected chi connectivity index (χ4v) is 4.70. The van der Waals surface area contributed by atoms with Gasteiger partial charge in [0.1, 0.15) is 10.9 Å². The van der Waals surface area contributed by atoms with Crippen LogP contribution >= 0.6 is 11.6 Å². The van der Waals surface area contributed by atoms with E-state index in [0.717, 1.165) is 18.5 Å². The second-order valence-electron chi connectivity index (χ2n) is 6.41. The third-order valence-electron chi connectivity index (χ3n) is 4.29. The molecule has 3 aromatic rings. The van der Waals surface area contributed by atoms with Gasteiger partial charge < -0.3 is 0 Å². The number of benzene rings is 1. The molecule has 0 spiro atoms. The number of hydrogen-bond acceptors (Lipinski definition) is 6. The molecule has 26 heavy (non-hydrogen) atoms. The van der Waals surface area contributed by atoms with Gasteiger partial charge in [0, 0.05) is 5.56 Å². The first kappa shape index (κ1) is 17.2. The van der Waals surface area contributed by atoms with Crippen molar-refractivity contribution in [3.63, 3.8) is 0 Å². The molecule has 2 aromatic heterocycles. The minimum absolute atomic E-state index is 0.206. The van der Waals surface area contributed by atoms with Gasteiger partial charge in [-0.05, 0) is 42.3 Å². The Labute approximate surface area is 155 Å². The lowest BCUT2D eigenvalue weighted by Crippen LogP contribution is -2.13. The van der Waals surface area contributed by atoms with Crippen LogP contribution in [-0.4, -0.2) is 38.4 Å². The molecule has 1 saturated carbocycles. The molecule has 1 aromatic carbocycles. The minimum Gasteiger partial charge on any atom is -0.228 e. The van der Waals surface area contributed by atoms with Crippen LogP contribution in [0.5, 0.6) is 0 Å². The molecule has 0 N–H and O–H groups in total. The number of aromatic nitrogens is 6. The second kappa shape index (κ2) is 6.48. The highest BCUT2D eigenvalue weighted by molar-refractivity contribution is 7.89. The minimum atomic E-state index is -3.50. The normalized spacial score (nSPS) is 14.7. The van der Waals surface area contributed by atoms with Crippen LogP contribution in [0.4, 0.5) is 0 Å². The topological polar surface area (TPSA) is 95.6 Å². The van der Waals surface area contributed by atoms with Crippen molar-refractivity contribution in [3.8, 4) is 5.69 Å². The van der Waals surface area contributed by atoms with Crippen LogP contribution in [-0.2, 0) is 21.3 Å². The van der Waals surface area contributed by atoms with E-state index in [0.29, 0.717) is 22.2 Å². The third kappa shape index (κ3) is 3.36. The molecule has 0 bridgehead atoms. The van der Waals surface area contributed by atoms with Gasteiger partial charge in [-0.2, -0.15) is 5.10 Å². The average Bonchev–Trinajstić information content (AvgIpc) is 3.30. The van der Waals surface area contributed by atoms with E-state index in [4.69, 9.17) is 11.6 Å². The first-order chi connectivity index (χ1) is 12.4. The van der Waals surface area contributed by atoms with Crippen molar-refractivity contribution in [2.24, 2.45) is 0 Å². The molecule has 10 heteroatoms. The quantitative estimate of drug-likeness (QED) is 0.638. The maximum Gasteiger partial charge on any atom is 0.166 e. The summed E-state index contributed by atoms with van der Waals surface area (Å²) in [5.74, 6) is -0.0538. The summed E-state index contributed by atoms with van der Waals surface area (Å²) in [4.78, 5) is 0. The van der Waals surface area contributed by atoms with E-state index in [-0.39, 0.29) is 17.5 Å². The molecule has 0 unspecified atom stereocenters. The van der Waals surface area contributed by atoms with E-state index < -0.39 is 9.84 Å². The molecule has 0 amide bonds. The summed E-state index contributed by atoms with van der Waals surface area (Å²) in [6.07, 6.45) is 1.96. The molecule has 4 rings (SSSR count). The largest absolute Gasteiger partial charge is 0.228 e. The van der Waals surface area contributed by atoms with Crippen molar-refractivity contribution in [1.82, 2.24) is 30.0 Å². The lowest BCUT2D eigenvalue weighted by Gasteiger charge is -2.06. The molecule has 0 radical (unpaired) electrons. The summed E-state index contributed by atoms with van der Waals surface area (Å²) in [7, 11) is -3.50. The maximum absolute atomic E-state index is 12.7. The Balaban J connectivity index is 1.60. The smallest absolute Gasteiger partial charge is 0.166 e. The van der Waals surface area contributed by atoms with E-state index in [1.54, 1.807) is 16.3 Å². The summed E-state index contributed by atoms with van der Waals surface area (Å²) in [5, 5.41) is 16.1. The van der Waals surface area contributed by atoms with Crippen molar-refractivity contribution < 1.29 is 8.42 Å². The number of halogens is 1. The van der Waals surface area contributed by atoms with Crippen molar-refractivity contribution in [3.05, 3.63) is 52.6 Å². The zero-order chi connectivity index (χ0) is 18.3. The Morgan fingerprint density at radius 1 is 1.19 bits per heavy atom. The number of nitrogens with zero attached hydrogens (tertiary/aromatic N) is 6. The standard InChI is InChI=1S/C16H17ClN6O2S/c1-11-14(16(17)23(19-11)12-5-3-2-4-6-12)9-26(24,25)10-15-18-20-21-22(15)13-7-8-13/h2-6,13H,7-10H2,1H3. The van der Waals surface area contributed by atoms with Gasteiger partial charge in [0.05, 0.1) is 23.2 Å². The van der Waals surface area contributed by atoms with E-state index >= 15 is 0 Å². The molecule has 0 atom stereocenters. The van der Waals surface area contributed by atoms with Gasteiger partial charge in [-0.15, -0.1) is 5.10 Å². The Bertz CT molecular complexity index is 1040. The number of tetrazole rings is 1. The van der Waals surface area contributed by atoms with Crippen LogP contribution in [0.1, 0.15) is 36.0 Å². The molecule has 136 valence electrons. The number of hydrogen-bond donors (Lipinski definition) is 0. The molecule has 1 aliphatic carbocycles. The van der Waals surface area contributed by atoms with Crippen molar-refractivity contribution >= 4 is 21.4 Å². The Morgan fingerprint density at radius 3 is 2.62 bits per heavy atom. The lowest BCUT2D eigenvalue weighted by molar-refractivity contribution is 0.574. The highest BCUT2D eigenvalue weighted by Gasteiger charge is 2.30. The summed E-state index contributed by atoms with van der Waals surface area (Å²) in [5.41, 5.74) is 1.87. The number of rotatable bonds is 6. The molecule has 2 heterocycles. The summed E-state index contributed by atoms with van der Waals surface area (Å²) < 4.78 is 28.6. The lowest BCUT2D eigenvalue weighted by atomic mass is 10.3. The van der Waals surface area contributed by atoms with Crippen LogP contribution in [0.15, 0.2) is 30.3 Å². The second-order valence-corrected chi connectivity index (χ2v) is 8.83. The summed E-state index contributed by atoms with van der Waals surface area (Å²) in [6, 6.07) is 9.58. The highest BCUT2D eigenvalue weighted by atomic mass is 35.5. The van der Waals surface area contributed by atoms with Crippen molar-refractivity contribution in [1.29, 1.82) is 0 Å². The van der Waals surface area contributed by atoms with E-state index in [2.05, 4.69) is 20.6 Å². The average molecular weight is 393 g/mol. The van der Waals surface area contributed by atoms with Gasteiger partial charge in [0.25, 0.3) is 0 Å². The SMILES string of the molecule is Cc1nn(-c2ccccc2)c(Cl)c1CS(=O)(=O)Cc1nnnn1C1CC1. The van der Waals surface area contributed by atoms with Crippen molar-refractivity contribution in [2.75, 3.05) is 0 Å². The van der Waals surface area contributed by atoms with Crippen molar-refractivity contribution in [2.45, 2.75) is 37.3 Å². The predicted octanol–water partition coefficient (Wildman–Crippen LogP) is 2.27. The van der Waals surface area contributed by atoms with Crippen LogP contribution in [0.3, 0.4) is 0 Å². The van der Waals surface area contributed by atoms with Crippen LogP contribution < -0.4 is 0 Å². The molecule has 8 nitrogen and oxygen atoms in total. The zero-order valence-corrected chi connectivity index (χ0v) is 15.7. The zero-order valence-electron chi connectivity index (χ0n) is 14.1. The Kier molecular flexibility index (Phi) is 4.28.